The topological polar surface area (TPSA) is 0 Å². The van der Waals surface area contributed by atoms with Crippen molar-refractivity contribution >= 4 is 138 Å². The van der Waals surface area contributed by atoms with E-state index in [1.165, 1.54) is 92.8 Å². The molecule has 10 rings (SSSR count). The van der Waals surface area contributed by atoms with Crippen LogP contribution in [0, 0.1) is 0 Å². The van der Waals surface area contributed by atoms with Crippen LogP contribution in [0.25, 0.3) is 92.8 Å². The molecule has 6 aromatic carbocycles. The van der Waals surface area contributed by atoms with E-state index in [0.717, 1.165) is 0 Å². The average molecular weight is 553 g/mol. The van der Waals surface area contributed by atoms with Gasteiger partial charge in [0.05, 0.1) is 9.40 Å². The predicted octanol–water partition coefficient (Wildman–Crippen LogP) is 12.3. The summed E-state index contributed by atoms with van der Waals surface area (Å²) in [4.78, 5) is 0. The molecular formula is C34H16S4. The van der Waals surface area contributed by atoms with Gasteiger partial charge in [-0.15, -0.1) is 45.3 Å². The summed E-state index contributed by atoms with van der Waals surface area (Å²) in [7, 11) is 0. The van der Waals surface area contributed by atoms with Gasteiger partial charge in [-0.1, -0.05) is 0 Å². The molecule has 10 aromatic rings. The van der Waals surface area contributed by atoms with Gasteiger partial charge in [-0.05, 0) is 150 Å². The predicted molar refractivity (Wildman–Crippen MR) is 176 cm³/mol. The van der Waals surface area contributed by atoms with Gasteiger partial charge in [0, 0.05) is 29.6 Å². The summed E-state index contributed by atoms with van der Waals surface area (Å²) in [6.07, 6.45) is 0. The quantitative estimate of drug-likeness (QED) is 0.164. The number of hydrogen-bond donors (Lipinski definition) is 0. The van der Waals surface area contributed by atoms with Crippen LogP contribution in [-0.2, 0) is 0 Å². The zero-order valence-corrected chi connectivity index (χ0v) is 23.1. The van der Waals surface area contributed by atoms with Crippen molar-refractivity contribution in [3.8, 4) is 0 Å². The highest BCUT2D eigenvalue weighted by Crippen LogP contribution is 2.47. The second-order valence-electron chi connectivity index (χ2n) is 10.3. The molecular weight excluding hydrogens is 537 g/mol. The first kappa shape index (κ1) is 20.4. The Hall–Kier alpha value is -3.54. The molecule has 0 aliphatic carbocycles. The van der Waals surface area contributed by atoms with E-state index in [2.05, 4.69) is 95.7 Å². The number of benzene rings is 6. The molecule has 0 N–H and O–H groups in total. The van der Waals surface area contributed by atoms with Gasteiger partial charge < -0.3 is 0 Å². The number of thiophene rings is 4. The van der Waals surface area contributed by atoms with Gasteiger partial charge in [0.25, 0.3) is 0 Å². The maximum Gasteiger partial charge on any atom is 0.0542 e. The number of hydrogen-bond acceptors (Lipinski definition) is 4. The van der Waals surface area contributed by atoms with Crippen LogP contribution in [-0.4, -0.2) is 0 Å². The fourth-order valence-electron chi connectivity index (χ4n) is 6.17. The van der Waals surface area contributed by atoms with Crippen LogP contribution in [0.15, 0.2) is 95.7 Å². The molecule has 0 atom stereocenters. The number of rotatable bonds is 0. The Morgan fingerprint density at radius 3 is 1.11 bits per heavy atom. The second kappa shape index (κ2) is 7.10. The largest absolute Gasteiger partial charge is 0.144 e. The third-order valence-corrected chi connectivity index (χ3v) is 12.3. The van der Waals surface area contributed by atoms with Gasteiger partial charge in [0.1, 0.15) is 0 Å². The molecule has 0 aliphatic heterocycles. The molecule has 0 amide bonds. The molecule has 4 aromatic heterocycles. The van der Waals surface area contributed by atoms with Crippen molar-refractivity contribution in [1.82, 2.24) is 0 Å². The molecule has 4 heterocycles. The van der Waals surface area contributed by atoms with Crippen LogP contribution in [0.5, 0.6) is 0 Å². The molecule has 0 fully saturated rings. The molecule has 0 nitrogen and oxygen atoms in total. The lowest BCUT2D eigenvalue weighted by molar-refractivity contribution is 1.90. The zero-order chi connectivity index (χ0) is 24.5. The maximum absolute atomic E-state index is 2.43. The molecule has 0 aliphatic rings. The van der Waals surface area contributed by atoms with Gasteiger partial charge in [0.2, 0.25) is 0 Å². The second-order valence-corrected chi connectivity index (χ2v) is 14.3. The van der Waals surface area contributed by atoms with Gasteiger partial charge in [0.15, 0.2) is 0 Å². The van der Waals surface area contributed by atoms with Crippen molar-refractivity contribution in [3.63, 3.8) is 0 Å². The summed E-state index contributed by atoms with van der Waals surface area (Å²) in [5, 5.41) is 20.4. The molecule has 0 bridgehead atoms. The third-order valence-electron chi connectivity index (χ3n) is 8.05. The average Bonchev–Trinajstić information content (AvgIpc) is 3.70. The fraction of sp³-hybridized carbons (Fsp3) is 0. The standard InChI is InChI=1S/C34H16S4/c1-3-35-29-13-23-9-25-15-31-27(11-21(25)7-19(23)5-17(1)29)33-34(37-31)28-12-22-8-20-6-18-2-4-36-30(18)14-24(20)10-26(22)16-32(28)38-33/h1-16H. The van der Waals surface area contributed by atoms with E-state index < -0.39 is 0 Å². The van der Waals surface area contributed by atoms with Crippen LogP contribution >= 0.6 is 45.3 Å². The molecule has 0 saturated carbocycles. The lowest BCUT2D eigenvalue weighted by Crippen LogP contribution is -1.77. The van der Waals surface area contributed by atoms with E-state index >= 15 is 0 Å². The minimum Gasteiger partial charge on any atom is -0.144 e. The molecule has 176 valence electrons. The molecule has 38 heavy (non-hydrogen) atoms. The van der Waals surface area contributed by atoms with Crippen molar-refractivity contribution in [2.75, 3.05) is 0 Å². The van der Waals surface area contributed by atoms with Crippen molar-refractivity contribution < 1.29 is 0 Å². The Balaban J connectivity index is 1.24. The van der Waals surface area contributed by atoms with E-state index in [-0.39, 0.29) is 0 Å². The van der Waals surface area contributed by atoms with Crippen LogP contribution in [0.3, 0.4) is 0 Å². The highest BCUT2D eigenvalue weighted by Gasteiger charge is 2.15. The Morgan fingerprint density at radius 2 is 0.658 bits per heavy atom. The van der Waals surface area contributed by atoms with Gasteiger partial charge >= 0.3 is 0 Å². The van der Waals surface area contributed by atoms with Crippen molar-refractivity contribution in [3.05, 3.63) is 95.7 Å². The van der Waals surface area contributed by atoms with Crippen molar-refractivity contribution in [1.29, 1.82) is 0 Å². The molecule has 0 spiro atoms. The fourth-order valence-corrected chi connectivity index (χ4v) is 10.5. The molecule has 0 saturated heterocycles. The van der Waals surface area contributed by atoms with Crippen molar-refractivity contribution in [2.45, 2.75) is 0 Å². The van der Waals surface area contributed by atoms with E-state index in [1.54, 1.807) is 0 Å². The first-order valence-electron chi connectivity index (χ1n) is 12.6. The number of fused-ring (bicyclic) bond motifs is 11. The Labute approximate surface area is 232 Å². The summed E-state index contributed by atoms with van der Waals surface area (Å²) < 4.78 is 8.35. The zero-order valence-electron chi connectivity index (χ0n) is 19.9. The summed E-state index contributed by atoms with van der Waals surface area (Å²) in [6.45, 7) is 0. The monoisotopic (exact) mass is 552 g/mol. The van der Waals surface area contributed by atoms with Crippen LogP contribution in [0.1, 0.15) is 0 Å². The van der Waals surface area contributed by atoms with Crippen molar-refractivity contribution in [2.24, 2.45) is 0 Å². The van der Waals surface area contributed by atoms with Crippen LogP contribution < -0.4 is 0 Å². The van der Waals surface area contributed by atoms with E-state index in [1.807, 2.05) is 45.3 Å². The third kappa shape index (κ3) is 2.73. The minimum atomic E-state index is 1.32. The van der Waals surface area contributed by atoms with Gasteiger partial charge in [-0.25, -0.2) is 0 Å². The summed E-state index contributed by atoms with van der Waals surface area (Å²) >= 11 is 7.54. The highest BCUT2D eigenvalue weighted by atomic mass is 32.1. The van der Waals surface area contributed by atoms with Gasteiger partial charge in [-0.2, -0.15) is 0 Å². The lowest BCUT2D eigenvalue weighted by atomic mass is 10.0. The van der Waals surface area contributed by atoms with E-state index in [9.17, 15) is 0 Å². The Morgan fingerprint density at radius 1 is 0.316 bits per heavy atom. The Bertz CT molecular complexity index is 2440. The minimum absolute atomic E-state index is 1.32. The maximum atomic E-state index is 2.43. The first-order chi connectivity index (χ1) is 18.7. The van der Waals surface area contributed by atoms with E-state index in [4.69, 9.17) is 0 Å². The molecule has 0 unspecified atom stereocenters. The lowest BCUT2D eigenvalue weighted by Gasteiger charge is -2.04. The Kier molecular flexibility index (Phi) is 3.82. The summed E-state index contributed by atoms with van der Waals surface area (Å²) in [5.74, 6) is 0. The summed E-state index contributed by atoms with van der Waals surface area (Å²) in [5.41, 5.74) is 0. The summed E-state index contributed by atoms with van der Waals surface area (Å²) in [6, 6.07) is 33.0. The smallest absolute Gasteiger partial charge is 0.0542 e. The highest BCUT2D eigenvalue weighted by molar-refractivity contribution is 7.36. The molecule has 4 heteroatoms. The SMILES string of the molecule is c1cc2cc3cc4cc5c(cc4cc3cc2s1)sc1c2cc3cc4cc6ccsc6cc4cc3cc2sc51. The first-order valence-corrected chi connectivity index (χ1v) is 16.0. The van der Waals surface area contributed by atoms with E-state index in [0.29, 0.717) is 0 Å². The van der Waals surface area contributed by atoms with Crippen LogP contribution in [0.2, 0.25) is 0 Å². The van der Waals surface area contributed by atoms with Gasteiger partial charge in [-0.3, -0.25) is 0 Å². The normalized spacial score (nSPS) is 12.7. The molecule has 0 radical (unpaired) electrons. The van der Waals surface area contributed by atoms with Crippen LogP contribution in [0.4, 0.5) is 0 Å².